The number of aliphatic hydroxyl groups is 1. The number of rotatable bonds is 7. The maximum atomic E-state index is 13.2. The monoisotopic (exact) mass is 356 g/mol. The summed E-state index contributed by atoms with van der Waals surface area (Å²) in [7, 11) is 0. The first-order valence-electron chi connectivity index (χ1n) is 5.68. The predicted molar refractivity (Wildman–Crippen MR) is 70.1 cm³/mol. The number of furan rings is 1. The van der Waals surface area contributed by atoms with Crippen LogP contribution in [0.3, 0.4) is 0 Å². The van der Waals surface area contributed by atoms with E-state index < -0.39 is 16.9 Å². The molecule has 0 aliphatic carbocycles. The minimum absolute atomic E-state index is 0.252. The fourth-order valence-electron chi connectivity index (χ4n) is 1.42. The Balaban J connectivity index is 2.60. The van der Waals surface area contributed by atoms with Crippen LogP contribution in [0.2, 0.25) is 0 Å². The van der Waals surface area contributed by atoms with Crippen LogP contribution in [0.25, 0.3) is 0 Å². The van der Waals surface area contributed by atoms with Crippen molar-refractivity contribution in [3.05, 3.63) is 48.5 Å². The zero-order valence-electron chi connectivity index (χ0n) is 10.3. The van der Waals surface area contributed by atoms with Gasteiger partial charge in [0.25, 0.3) is 5.92 Å². The Kier molecular flexibility index (Phi) is 5.59. The van der Waals surface area contributed by atoms with Crippen molar-refractivity contribution in [2.75, 3.05) is 0 Å². The lowest BCUT2D eigenvalue weighted by molar-refractivity contribution is -0.0806. The second-order valence-electron chi connectivity index (χ2n) is 4.07. The fourth-order valence-corrected chi connectivity index (χ4v) is 1.61. The van der Waals surface area contributed by atoms with Gasteiger partial charge in [-0.05, 0) is 46.6 Å². The Morgan fingerprint density at radius 3 is 2.55 bits per heavy atom. The van der Waals surface area contributed by atoms with Crippen molar-refractivity contribution >= 4 is 15.9 Å². The summed E-state index contributed by atoms with van der Waals surface area (Å²) in [5, 5.41) is 9.41. The van der Waals surface area contributed by atoms with Gasteiger partial charge < -0.3 is 9.52 Å². The van der Waals surface area contributed by atoms with E-state index in [9.17, 15) is 22.7 Å². The van der Waals surface area contributed by atoms with E-state index >= 15 is 0 Å². The van der Waals surface area contributed by atoms with Gasteiger partial charge in [0, 0.05) is 6.42 Å². The van der Waals surface area contributed by atoms with Crippen LogP contribution < -0.4 is 0 Å². The van der Waals surface area contributed by atoms with Crippen LogP contribution in [-0.2, 0) is 6.42 Å². The Bertz CT molecular complexity index is 477. The fraction of sp³-hybridized carbons (Fsp3) is 0.385. The smallest absolute Gasteiger partial charge is 0.319 e. The van der Waals surface area contributed by atoms with Crippen molar-refractivity contribution in [2.45, 2.75) is 29.7 Å². The van der Waals surface area contributed by atoms with E-state index in [1.54, 1.807) is 0 Å². The molecule has 7 heteroatoms. The van der Waals surface area contributed by atoms with Gasteiger partial charge in [-0.25, -0.2) is 0 Å². The van der Waals surface area contributed by atoms with Gasteiger partial charge in [-0.15, -0.1) is 0 Å². The molecule has 2 nitrogen and oxygen atoms in total. The molecule has 0 aliphatic rings. The number of hydrogen-bond donors (Lipinski definition) is 1. The number of hydrogen-bond acceptors (Lipinski definition) is 2. The van der Waals surface area contributed by atoms with Crippen LogP contribution in [-0.4, -0.2) is 15.9 Å². The third kappa shape index (κ3) is 5.13. The summed E-state index contributed by atoms with van der Waals surface area (Å²) in [5.74, 6) is -3.46. The van der Waals surface area contributed by atoms with E-state index in [-0.39, 0.29) is 18.6 Å². The molecule has 1 heterocycles. The van der Waals surface area contributed by atoms with E-state index in [0.717, 1.165) is 0 Å². The van der Waals surface area contributed by atoms with Gasteiger partial charge in [0.15, 0.2) is 6.10 Å². The number of alkyl halides is 5. The average Bonchev–Trinajstić information content (AvgIpc) is 2.81. The van der Waals surface area contributed by atoms with Crippen LogP contribution in [0.5, 0.6) is 0 Å². The number of aryl methyl sites for hydroxylation is 1. The number of allylic oxidation sites excluding steroid dienone is 2. The molecule has 0 saturated carbocycles. The van der Waals surface area contributed by atoms with E-state index in [0.29, 0.717) is 17.9 Å². The van der Waals surface area contributed by atoms with Gasteiger partial charge in [-0.3, -0.25) is 0 Å². The molecule has 0 amide bonds. The molecule has 1 N–H and O–H groups in total. The van der Waals surface area contributed by atoms with Gasteiger partial charge in [-0.1, -0.05) is 12.7 Å². The third-order valence-corrected chi connectivity index (χ3v) is 2.72. The normalized spacial score (nSPS) is 14.7. The first-order valence-corrected chi connectivity index (χ1v) is 6.47. The van der Waals surface area contributed by atoms with E-state index in [1.807, 2.05) is 0 Å². The van der Waals surface area contributed by atoms with E-state index in [1.165, 1.54) is 18.2 Å². The summed E-state index contributed by atoms with van der Waals surface area (Å²) in [6.07, 6.45) is 0.647. The highest BCUT2D eigenvalue weighted by Crippen LogP contribution is 2.33. The molecule has 1 atom stereocenters. The van der Waals surface area contributed by atoms with Crippen LogP contribution >= 0.6 is 15.9 Å². The first kappa shape index (κ1) is 17.0. The van der Waals surface area contributed by atoms with Crippen LogP contribution in [0.4, 0.5) is 17.6 Å². The van der Waals surface area contributed by atoms with Crippen molar-refractivity contribution in [3.8, 4) is 0 Å². The minimum Gasteiger partial charge on any atom is -0.463 e. The van der Waals surface area contributed by atoms with Crippen molar-refractivity contribution in [3.63, 3.8) is 0 Å². The molecule has 0 fully saturated rings. The van der Waals surface area contributed by atoms with Crippen LogP contribution in [0.15, 0.2) is 41.4 Å². The van der Waals surface area contributed by atoms with Gasteiger partial charge in [0.1, 0.15) is 11.5 Å². The summed E-state index contributed by atoms with van der Waals surface area (Å²) < 4.78 is 56.2. The summed E-state index contributed by atoms with van der Waals surface area (Å²) >= 11 is 2.15. The Morgan fingerprint density at radius 1 is 1.35 bits per heavy atom. The molecule has 1 aromatic rings. The van der Waals surface area contributed by atoms with Crippen molar-refractivity contribution < 1.29 is 27.1 Å². The SMILES string of the molecule is C=CC(F)(F)C(O)c1ccc(CC/C=C/C(F)(F)Br)o1. The average molecular weight is 357 g/mol. The first-order chi connectivity index (χ1) is 9.15. The second kappa shape index (κ2) is 6.58. The Labute approximate surface area is 121 Å². The standard InChI is InChI=1S/C13H13BrF4O2/c1-2-12(15,16)11(19)10-7-6-9(20-10)5-3-4-8-13(14,17)18/h2,4,6-8,11,19H,1,3,5H2/b8-4+. The van der Waals surface area contributed by atoms with Gasteiger partial charge in [0.2, 0.25) is 0 Å². The largest absolute Gasteiger partial charge is 0.463 e. The summed E-state index contributed by atoms with van der Waals surface area (Å²) in [6.45, 7) is 2.93. The number of aliphatic hydroxyl groups excluding tert-OH is 1. The van der Waals surface area contributed by atoms with Gasteiger partial charge in [-0.2, -0.15) is 17.6 Å². The maximum absolute atomic E-state index is 13.2. The lowest BCUT2D eigenvalue weighted by Crippen LogP contribution is -2.22. The van der Waals surface area contributed by atoms with Gasteiger partial charge in [0.05, 0.1) is 0 Å². The minimum atomic E-state index is -3.49. The molecule has 0 aliphatic heterocycles. The van der Waals surface area contributed by atoms with Crippen molar-refractivity contribution in [1.29, 1.82) is 0 Å². The molecule has 112 valence electrons. The quantitative estimate of drug-likeness (QED) is 0.439. The zero-order chi connectivity index (χ0) is 15.4. The van der Waals surface area contributed by atoms with Crippen molar-refractivity contribution in [1.82, 2.24) is 0 Å². The van der Waals surface area contributed by atoms with Gasteiger partial charge >= 0.3 is 4.83 Å². The summed E-state index contributed by atoms with van der Waals surface area (Å²) in [4.78, 5) is -3.07. The molecule has 0 aromatic carbocycles. The van der Waals surface area contributed by atoms with E-state index in [4.69, 9.17) is 4.42 Å². The molecule has 1 rings (SSSR count). The molecule has 0 saturated heterocycles. The molecular weight excluding hydrogens is 344 g/mol. The highest BCUT2D eigenvalue weighted by atomic mass is 79.9. The lowest BCUT2D eigenvalue weighted by Gasteiger charge is -2.16. The number of halogens is 5. The maximum Gasteiger partial charge on any atom is 0.319 e. The second-order valence-corrected chi connectivity index (χ2v) is 5.13. The molecule has 20 heavy (non-hydrogen) atoms. The summed E-state index contributed by atoms with van der Waals surface area (Å²) in [6, 6.07) is 2.64. The molecule has 0 bridgehead atoms. The zero-order valence-corrected chi connectivity index (χ0v) is 11.9. The molecule has 0 spiro atoms. The van der Waals surface area contributed by atoms with Crippen LogP contribution in [0.1, 0.15) is 24.0 Å². The highest BCUT2D eigenvalue weighted by molar-refractivity contribution is 9.10. The third-order valence-electron chi connectivity index (χ3n) is 2.45. The highest BCUT2D eigenvalue weighted by Gasteiger charge is 2.38. The molecule has 1 aromatic heterocycles. The molecule has 0 radical (unpaired) electrons. The Hall–Kier alpha value is -1.08. The summed E-state index contributed by atoms with van der Waals surface area (Å²) in [5.41, 5.74) is 0. The Morgan fingerprint density at radius 2 is 2.00 bits per heavy atom. The predicted octanol–water partition coefficient (Wildman–Crippen LogP) is 4.61. The van der Waals surface area contributed by atoms with E-state index in [2.05, 4.69) is 22.5 Å². The topological polar surface area (TPSA) is 33.4 Å². The lowest BCUT2D eigenvalue weighted by atomic mass is 10.1. The molecular formula is C13H13BrF4O2. The molecule has 1 unspecified atom stereocenters. The van der Waals surface area contributed by atoms with Crippen LogP contribution in [0, 0.1) is 0 Å². The van der Waals surface area contributed by atoms with Crippen molar-refractivity contribution in [2.24, 2.45) is 0 Å².